The van der Waals surface area contributed by atoms with Gasteiger partial charge in [0.05, 0.1) is 11.9 Å². The maximum Gasteiger partial charge on any atom is 0.573 e. The summed E-state index contributed by atoms with van der Waals surface area (Å²) in [6.07, 6.45) is -0.718. The van der Waals surface area contributed by atoms with Gasteiger partial charge in [-0.3, -0.25) is 0 Å². The molecule has 2 N–H and O–H groups in total. The Bertz CT molecular complexity index is 885. The SMILES string of the molecule is FC(F)(F)Oc1cccc(-c2cn3nc(NCC4CCNCC4)sc3n2)c1. The molecule has 1 aromatic carbocycles. The van der Waals surface area contributed by atoms with Crippen molar-refractivity contribution >= 4 is 21.4 Å². The second-order valence-electron chi connectivity index (χ2n) is 6.41. The number of hydrogen-bond acceptors (Lipinski definition) is 6. The monoisotopic (exact) mass is 397 g/mol. The molecule has 2 aromatic heterocycles. The third kappa shape index (κ3) is 4.51. The van der Waals surface area contributed by atoms with Gasteiger partial charge < -0.3 is 15.4 Å². The van der Waals surface area contributed by atoms with E-state index in [1.807, 2.05) is 0 Å². The Hall–Kier alpha value is -2.33. The average molecular weight is 397 g/mol. The Morgan fingerprint density at radius 1 is 1.30 bits per heavy atom. The fourth-order valence-electron chi connectivity index (χ4n) is 3.08. The van der Waals surface area contributed by atoms with Crippen LogP contribution in [0.3, 0.4) is 0 Å². The number of ether oxygens (including phenoxy) is 1. The Balaban J connectivity index is 1.46. The summed E-state index contributed by atoms with van der Waals surface area (Å²) >= 11 is 1.42. The van der Waals surface area contributed by atoms with Crippen molar-refractivity contribution in [2.45, 2.75) is 19.2 Å². The third-order valence-corrected chi connectivity index (χ3v) is 5.29. The van der Waals surface area contributed by atoms with E-state index in [2.05, 4.69) is 25.5 Å². The molecule has 0 radical (unpaired) electrons. The first-order valence-electron chi connectivity index (χ1n) is 8.63. The van der Waals surface area contributed by atoms with Gasteiger partial charge in [-0.15, -0.1) is 18.3 Å². The zero-order valence-corrected chi connectivity index (χ0v) is 15.1. The summed E-state index contributed by atoms with van der Waals surface area (Å²) in [5, 5.41) is 11.9. The standard InChI is InChI=1S/C17H18F3N5OS/c18-17(19,20)26-13-3-1-2-12(8-13)14-10-25-16(23-14)27-15(24-25)22-9-11-4-6-21-7-5-11/h1-3,8,10-11,21H,4-7,9H2,(H,22,24). The second kappa shape index (κ2) is 7.35. The maximum absolute atomic E-state index is 12.4. The van der Waals surface area contributed by atoms with Crippen molar-refractivity contribution in [3.8, 4) is 17.0 Å². The average Bonchev–Trinajstić information content (AvgIpc) is 3.18. The number of alkyl halides is 3. The number of imidazole rings is 1. The van der Waals surface area contributed by atoms with Gasteiger partial charge in [-0.2, -0.15) is 0 Å². The van der Waals surface area contributed by atoms with E-state index in [4.69, 9.17) is 0 Å². The van der Waals surface area contributed by atoms with Gasteiger partial charge in [0.25, 0.3) is 0 Å². The number of piperidine rings is 1. The largest absolute Gasteiger partial charge is 0.573 e. The van der Waals surface area contributed by atoms with Crippen molar-refractivity contribution in [1.29, 1.82) is 0 Å². The summed E-state index contributed by atoms with van der Waals surface area (Å²) in [5.41, 5.74) is 1.09. The highest BCUT2D eigenvalue weighted by Crippen LogP contribution is 2.29. The molecule has 0 spiro atoms. The summed E-state index contributed by atoms with van der Waals surface area (Å²) in [6.45, 7) is 2.98. The van der Waals surface area contributed by atoms with E-state index >= 15 is 0 Å². The fraction of sp³-hybridized carbons (Fsp3) is 0.412. The van der Waals surface area contributed by atoms with Crippen LogP contribution in [0.1, 0.15) is 12.8 Å². The van der Waals surface area contributed by atoms with Crippen LogP contribution in [0.2, 0.25) is 0 Å². The van der Waals surface area contributed by atoms with Gasteiger partial charge >= 0.3 is 6.36 Å². The van der Waals surface area contributed by atoms with Gasteiger partial charge in [-0.1, -0.05) is 23.5 Å². The van der Waals surface area contributed by atoms with E-state index in [1.165, 1.54) is 29.5 Å². The van der Waals surface area contributed by atoms with E-state index in [0.717, 1.165) is 37.6 Å². The van der Waals surface area contributed by atoms with Crippen molar-refractivity contribution in [2.75, 3.05) is 25.0 Å². The van der Waals surface area contributed by atoms with Crippen molar-refractivity contribution in [3.63, 3.8) is 0 Å². The van der Waals surface area contributed by atoms with Crippen LogP contribution in [-0.2, 0) is 0 Å². The maximum atomic E-state index is 12.4. The molecule has 1 aliphatic rings. The van der Waals surface area contributed by atoms with Crippen LogP contribution in [0.5, 0.6) is 5.75 Å². The van der Waals surface area contributed by atoms with E-state index in [0.29, 0.717) is 22.1 Å². The van der Waals surface area contributed by atoms with Crippen LogP contribution in [-0.4, -0.2) is 40.6 Å². The normalized spacial score (nSPS) is 16.0. The Labute approximate surface area is 157 Å². The molecule has 1 saturated heterocycles. The molecule has 3 heterocycles. The summed E-state index contributed by atoms with van der Waals surface area (Å²) in [4.78, 5) is 5.15. The van der Waals surface area contributed by atoms with Crippen molar-refractivity contribution < 1.29 is 17.9 Å². The molecule has 3 aromatic rings. The molecule has 27 heavy (non-hydrogen) atoms. The zero-order chi connectivity index (χ0) is 18.9. The molecule has 10 heteroatoms. The number of rotatable bonds is 5. The highest BCUT2D eigenvalue weighted by Gasteiger charge is 2.31. The minimum absolute atomic E-state index is 0.270. The van der Waals surface area contributed by atoms with Crippen LogP contribution < -0.4 is 15.4 Å². The van der Waals surface area contributed by atoms with Crippen LogP contribution >= 0.6 is 11.3 Å². The molecule has 4 rings (SSSR count). The number of hydrogen-bond donors (Lipinski definition) is 2. The first-order valence-corrected chi connectivity index (χ1v) is 9.45. The van der Waals surface area contributed by atoms with E-state index < -0.39 is 6.36 Å². The number of anilines is 1. The van der Waals surface area contributed by atoms with Crippen molar-refractivity contribution in [3.05, 3.63) is 30.5 Å². The molecule has 0 amide bonds. The summed E-state index contributed by atoms with van der Waals surface area (Å²) in [7, 11) is 0. The molecule has 0 aliphatic carbocycles. The molecular formula is C17H18F3N5OS. The van der Waals surface area contributed by atoms with Crippen molar-refractivity contribution in [2.24, 2.45) is 5.92 Å². The predicted molar refractivity (Wildman–Crippen MR) is 97.1 cm³/mol. The lowest BCUT2D eigenvalue weighted by molar-refractivity contribution is -0.274. The minimum Gasteiger partial charge on any atom is -0.406 e. The zero-order valence-electron chi connectivity index (χ0n) is 14.3. The second-order valence-corrected chi connectivity index (χ2v) is 7.37. The van der Waals surface area contributed by atoms with Gasteiger partial charge in [0, 0.05) is 12.1 Å². The first kappa shape index (κ1) is 18.1. The highest BCUT2D eigenvalue weighted by atomic mass is 32.1. The number of fused-ring (bicyclic) bond motifs is 1. The molecule has 0 bridgehead atoms. The minimum atomic E-state index is -4.72. The van der Waals surface area contributed by atoms with Crippen LogP contribution in [0.25, 0.3) is 16.2 Å². The van der Waals surface area contributed by atoms with Gasteiger partial charge in [-0.05, 0) is 44.0 Å². The smallest absolute Gasteiger partial charge is 0.406 e. The van der Waals surface area contributed by atoms with E-state index in [9.17, 15) is 13.2 Å². The fourth-order valence-corrected chi connectivity index (χ4v) is 3.87. The molecule has 0 unspecified atom stereocenters. The van der Waals surface area contributed by atoms with Gasteiger partial charge in [0.15, 0.2) is 0 Å². The number of halogens is 3. The lowest BCUT2D eigenvalue weighted by Crippen LogP contribution is -2.31. The number of nitrogens with zero attached hydrogens (tertiary/aromatic N) is 3. The number of benzene rings is 1. The van der Waals surface area contributed by atoms with Crippen LogP contribution in [0.15, 0.2) is 30.5 Å². The molecule has 0 atom stereocenters. The summed E-state index contributed by atoms with van der Waals surface area (Å²) in [6, 6.07) is 5.77. The topological polar surface area (TPSA) is 63.5 Å². The lowest BCUT2D eigenvalue weighted by Gasteiger charge is -2.22. The van der Waals surface area contributed by atoms with Crippen molar-refractivity contribution in [1.82, 2.24) is 19.9 Å². The van der Waals surface area contributed by atoms with Crippen LogP contribution in [0.4, 0.5) is 18.3 Å². The highest BCUT2D eigenvalue weighted by molar-refractivity contribution is 7.20. The third-order valence-electron chi connectivity index (χ3n) is 4.41. The number of nitrogens with one attached hydrogen (secondary N) is 2. The Kier molecular flexibility index (Phi) is 4.92. The molecule has 1 fully saturated rings. The Morgan fingerprint density at radius 2 is 2.11 bits per heavy atom. The predicted octanol–water partition coefficient (Wildman–Crippen LogP) is 3.77. The van der Waals surface area contributed by atoms with Gasteiger partial charge in [-0.25, -0.2) is 9.50 Å². The summed E-state index contributed by atoms with van der Waals surface area (Å²) < 4.78 is 42.8. The molecule has 1 aliphatic heterocycles. The molecular weight excluding hydrogens is 379 g/mol. The van der Waals surface area contributed by atoms with E-state index in [-0.39, 0.29) is 5.75 Å². The first-order chi connectivity index (χ1) is 13.0. The van der Waals surface area contributed by atoms with E-state index in [1.54, 1.807) is 16.8 Å². The summed E-state index contributed by atoms with van der Waals surface area (Å²) in [5.74, 6) is 0.364. The molecule has 144 valence electrons. The number of aromatic nitrogens is 3. The van der Waals surface area contributed by atoms with Gasteiger partial charge in [0.2, 0.25) is 10.1 Å². The Morgan fingerprint density at radius 3 is 2.85 bits per heavy atom. The molecule has 0 saturated carbocycles. The quantitative estimate of drug-likeness (QED) is 0.686. The lowest BCUT2D eigenvalue weighted by atomic mass is 9.98. The molecule has 6 nitrogen and oxygen atoms in total. The van der Waals surface area contributed by atoms with Crippen LogP contribution in [0, 0.1) is 5.92 Å². The van der Waals surface area contributed by atoms with Gasteiger partial charge in [0.1, 0.15) is 5.75 Å².